The predicted octanol–water partition coefficient (Wildman–Crippen LogP) is 3.16. The minimum atomic E-state index is -0.605. The average molecular weight is 354 g/mol. The van der Waals surface area contributed by atoms with Gasteiger partial charge in [0, 0.05) is 20.6 Å². The number of fused-ring (bicyclic) bond motifs is 1. The summed E-state index contributed by atoms with van der Waals surface area (Å²) in [6, 6.07) is 3.14. The number of benzene rings is 1. The van der Waals surface area contributed by atoms with E-state index in [-0.39, 0.29) is 5.91 Å². The van der Waals surface area contributed by atoms with Gasteiger partial charge in [-0.3, -0.25) is 4.79 Å². The Labute approximate surface area is 128 Å². The quantitative estimate of drug-likeness (QED) is 0.866. The molecule has 0 fully saturated rings. The first kappa shape index (κ1) is 13.7. The number of aryl methyl sites for hydroxylation is 2. The van der Waals surface area contributed by atoms with Crippen molar-refractivity contribution in [3.63, 3.8) is 0 Å². The van der Waals surface area contributed by atoms with E-state index in [2.05, 4.69) is 26.2 Å². The van der Waals surface area contributed by atoms with Gasteiger partial charge in [-0.15, -0.1) is 0 Å². The van der Waals surface area contributed by atoms with Crippen molar-refractivity contribution < 1.29 is 9.21 Å². The van der Waals surface area contributed by atoms with E-state index in [9.17, 15) is 4.79 Å². The van der Waals surface area contributed by atoms with Crippen LogP contribution in [0.1, 0.15) is 23.1 Å². The van der Waals surface area contributed by atoms with Crippen LogP contribution in [0.3, 0.4) is 0 Å². The van der Waals surface area contributed by atoms with Gasteiger partial charge < -0.3 is 15.5 Å². The largest absolute Gasteiger partial charge is 0.436 e. The van der Waals surface area contributed by atoms with E-state index in [0.717, 1.165) is 32.1 Å². The number of amides is 1. The van der Waals surface area contributed by atoms with Gasteiger partial charge in [0.2, 0.25) is 5.91 Å². The number of hydrogen-bond donors (Lipinski definition) is 2. The van der Waals surface area contributed by atoms with Crippen LogP contribution < -0.4 is 11.1 Å². The molecule has 1 aromatic carbocycles. The third-order valence-corrected chi connectivity index (χ3v) is 5.01. The molecule has 0 bridgehead atoms. The summed E-state index contributed by atoms with van der Waals surface area (Å²) in [5.74, 6) is 0.622. The van der Waals surface area contributed by atoms with Crippen LogP contribution in [0.25, 0.3) is 0 Å². The molecular weight excluding hydrogens is 342 g/mol. The van der Waals surface area contributed by atoms with Crippen molar-refractivity contribution in [3.05, 3.63) is 33.6 Å². The molecule has 1 amide bonds. The van der Waals surface area contributed by atoms with Crippen molar-refractivity contribution >= 4 is 39.3 Å². The molecule has 2 heterocycles. The number of rotatable bonds is 2. The Morgan fingerprint density at radius 3 is 2.85 bits per heavy atom. The number of carbonyl (C=O) groups is 1. The van der Waals surface area contributed by atoms with Crippen LogP contribution in [-0.2, 0) is 4.79 Å². The molecule has 3 rings (SSSR count). The highest BCUT2D eigenvalue weighted by Gasteiger charge is 2.28. The number of nitrogens with one attached hydrogen (secondary N) is 1. The van der Waals surface area contributed by atoms with Gasteiger partial charge in [-0.05, 0) is 53.7 Å². The zero-order valence-electron chi connectivity index (χ0n) is 10.9. The lowest BCUT2D eigenvalue weighted by molar-refractivity contribution is -0.116. The van der Waals surface area contributed by atoms with E-state index in [1.54, 1.807) is 0 Å². The Balaban J connectivity index is 1.96. The number of hydrogen-bond acceptors (Lipinski definition) is 5. The molecular formula is C13H12BrN3O2S. The van der Waals surface area contributed by atoms with Crippen LogP contribution in [0.2, 0.25) is 0 Å². The van der Waals surface area contributed by atoms with Gasteiger partial charge in [0.1, 0.15) is 11.8 Å². The lowest BCUT2D eigenvalue weighted by Gasteiger charge is -2.06. The second-order valence-corrected chi connectivity index (χ2v) is 6.41. The molecule has 0 radical (unpaired) electrons. The molecule has 7 heteroatoms. The van der Waals surface area contributed by atoms with Crippen LogP contribution in [0, 0.1) is 13.8 Å². The summed E-state index contributed by atoms with van der Waals surface area (Å²) in [4.78, 5) is 16.8. The third-order valence-electron chi connectivity index (χ3n) is 3.19. The average Bonchev–Trinajstić information content (AvgIpc) is 2.83. The lowest BCUT2D eigenvalue weighted by Crippen LogP contribution is -2.19. The fourth-order valence-electron chi connectivity index (χ4n) is 1.95. The number of aromatic nitrogens is 1. The maximum Gasteiger partial charge on any atom is 0.261 e. The van der Waals surface area contributed by atoms with Crippen molar-refractivity contribution in [1.29, 1.82) is 0 Å². The van der Waals surface area contributed by atoms with Crippen LogP contribution in [0.15, 0.2) is 31.1 Å². The van der Waals surface area contributed by atoms with Crippen molar-refractivity contribution in [1.82, 2.24) is 4.98 Å². The van der Waals surface area contributed by atoms with E-state index in [0.29, 0.717) is 5.22 Å². The molecule has 1 atom stereocenters. The Kier molecular flexibility index (Phi) is 3.35. The molecule has 1 aliphatic heterocycles. The molecule has 1 unspecified atom stereocenters. The highest BCUT2D eigenvalue weighted by molar-refractivity contribution is 9.10. The Morgan fingerprint density at radius 2 is 2.20 bits per heavy atom. The topological polar surface area (TPSA) is 81.1 Å². The molecule has 0 spiro atoms. The summed E-state index contributed by atoms with van der Waals surface area (Å²) in [6.45, 7) is 3.78. The first-order chi connectivity index (χ1) is 9.45. The monoisotopic (exact) mass is 353 g/mol. The van der Waals surface area contributed by atoms with Gasteiger partial charge in [-0.2, -0.15) is 0 Å². The molecule has 1 aliphatic rings. The molecule has 0 saturated carbocycles. The molecule has 0 aliphatic carbocycles. The Morgan fingerprint density at radius 1 is 1.45 bits per heavy atom. The van der Waals surface area contributed by atoms with Gasteiger partial charge in [0.05, 0.1) is 5.69 Å². The van der Waals surface area contributed by atoms with Gasteiger partial charge in [-0.25, -0.2) is 4.98 Å². The van der Waals surface area contributed by atoms with E-state index < -0.39 is 6.04 Å². The first-order valence-corrected chi connectivity index (χ1v) is 7.58. The summed E-state index contributed by atoms with van der Waals surface area (Å²) in [5.41, 5.74) is 8.23. The van der Waals surface area contributed by atoms with Crippen LogP contribution >= 0.6 is 27.7 Å². The normalized spacial score (nSPS) is 17.2. The molecule has 104 valence electrons. The zero-order valence-corrected chi connectivity index (χ0v) is 13.3. The Hall–Kier alpha value is -1.31. The Bertz CT molecular complexity index is 694. The third kappa shape index (κ3) is 2.25. The van der Waals surface area contributed by atoms with Crippen molar-refractivity contribution in [3.8, 4) is 0 Å². The number of nitrogens with zero attached hydrogens (tertiary/aromatic N) is 1. The number of carbonyl (C=O) groups excluding carboxylic acids is 1. The number of halogens is 1. The first-order valence-electron chi connectivity index (χ1n) is 5.97. The number of nitrogens with two attached hydrogens (primary N) is 1. The van der Waals surface area contributed by atoms with E-state index in [1.807, 2.05) is 26.0 Å². The van der Waals surface area contributed by atoms with Crippen LogP contribution in [0.5, 0.6) is 0 Å². The summed E-state index contributed by atoms with van der Waals surface area (Å²) >= 11 is 4.90. The van der Waals surface area contributed by atoms with Crippen molar-refractivity contribution in [2.75, 3.05) is 5.32 Å². The second kappa shape index (κ2) is 4.91. The van der Waals surface area contributed by atoms with Gasteiger partial charge >= 0.3 is 0 Å². The van der Waals surface area contributed by atoms with Gasteiger partial charge in [-0.1, -0.05) is 0 Å². The zero-order chi connectivity index (χ0) is 14.4. The smallest absolute Gasteiger partial charge is 0.261 e. The molecule has 1 aromatic heterocycles. The maximum absolute atomic E-state index is 11.6. The highest BCUT2D eigenvalue weighted by Crippen LogP contribution is 2.40. The van der Waals surface area contributed by atoms with Gasteiger partial charge in [0.15, 0.2) is 0 Å². The molecule has 20 heavy (non-hydrogen) atoms. The summed E-state index contributed by atoms with van der Waals surface area (Å²) < 4.78 is 6.42. The fraction of sp³-hybridized carbons (Fsp3) is 0.231. The van der Waals surface area contributed by atoms with Crippen molar-refractivity contribution in [2.24, 2.45) is 5.73 Å². The molecule has 0 saturated heterocycles. The van der Waals surface area contributed by atoms with Gasteiger partial charge in [0.25, 0.3) is 5.22 Å². The predicted molar refractivity (Wildman–Crippen MR) is 79.8 cm³/mol. The van der Waals surface area contributed by atoms with E-state index in [4.69, 9.17) is 10.2 Å². The molecule has 5 nitrogen and oxygen atoms in total. The minimum Gasteiger partial charge on any atom is -0.436 e. The number of oxazole rings is 1. The number of anilines is 1. The second-order valence-electron chi connectivity index (χ2n) is 4.56. The van der Waals surface area contributed by atoms with E-state index in [1.165, 1.54) is 11.8 Å². The minimum absolute atomic E-state index is 0.183. The maximum atomic E-state index is 11.6. The van der Waals surface area contributed by atoms with Crippen LogP contribution in [-0.4, -0.2) is 10.9 Å². The van der Waals surface area contributed by atoms with E-state index >= 15 is 0 Å². The SMILES string of the molecule is Cc1nc(Sc2cc3c(cc2Br)C(N)C(=O)N3)oc1C. The highest BCUT2D eigenvalue weighted by atomic mass is 79.9. The summed E-state index contributed by atoms with van der Waals surface area (Å²) in [6.07, 6.45) is 0. The van der Waals surface area contributed by atoms with Crippen LogP contribution in [0.4, 0.5) is 5.69 Å². The van der Waals surface area contributed by atoms with Crippen molar-refractivity contribution in [2.45, 2.75) is 30.0 Å². The lowest BCUT2D eigenvalue weighted by atomic mass is 10.1. The molecule has 3 N–H and O–H groups in total. The summed E-state index contributed by atoms with van der Waals surface area (Å²) in [5, 5.41) is 3.35. The fourth-order valence-corrected chi connectivity index (χ4v) is 3.42. The molecule has 2 aromatic rings. The standard InChI is InChI=1S/C13H12BrN3O2S/c1-5-6(2)19-13(16-5)20-10-4-9-7(3-8(10)14)11(15)12(18)17-9/h3-4,11H,15H2,1-2H3,(H,17,18). The summed E-state index contributed by atoms with van der Waals surface area (Å²) in [7, 11) is 0.